The molecule has 0 aliphatic carbocycles. The lowest BCUT2D eigenvalue weighted by atomic mass is 10.1. The van der Waals surface area contributed by atoms with Gasteiger partial charge in [0.05, 0.1) is 6.04 Å². The summed E-state index contributed by atoms with van der Waals surface area (Å²) in [7, 11) is 0. The fraction of sp³-hybridized carbons (Fsp3) is 0.636. The van der Waals surface area contributed by atoms with Gasteiger partial charge in [0.15, 0.2) is 0 Å². The maximum absolute atomic E-state index is 8.97. The van der Waals surface area contributed by atoms with Crippen LogP contribution < -0.4 is 11.1 Å². The Morgan fingerprint density at radius 3 is 2.76 bits per heavy atom. The van der Waals surface area contributed by atoms with E-state index in [0.717, 1.165) is 26.5 Å². The van der Waals surface area contributed by atoms with Crippen molar-refractivity contribution in [3.8, 4) is 0 Å². The van der Waals surface area contributed by atoms with E-state index in [1.165, 1.54) is 11.3 Å². The number of hydrogen-bond donors (Lipinski definition) is 3. The molecule has 2 unspecified atom stereocenters. The number of rotatable bonds is 7. The molecule has 6 heteroatoms. The number of nitrogens with two attached hydrogens (primary N) is 1. The summed E-state index contributed by atoms with van der Waals surface area (Å²) >= 11 is 11.0. The van der Waals surface area contributed by atoms with Crippen LogP contribution in [0.5, 0.6) is 0 Å². The van der Waals surface area contributed by atoms with Crippen LogP contribution >= 0.6 is 38.9 Å². The SMILES string of the molecule is CCC(CCO)NC(CN)c1cc(Br)c(Cl)s1. The van der Waals surface area contributed by atoms with Crippen molar-refractivity contribution in [2.24, 2.45) is 5.73 Å². The van der Waals surface area contributed by atoms with Crippen LogP contribution in [0, 0.1) is 0 Å². The van der Waals surface area contributed by atoms with Crippen LogP contribution in [0.2, 0.25) is 4.34 Å². The van der Waals surface area contributed by atoms with Crippen molar-refractivity contribution in [3.05, 3.63) is 19.8 Å². The van der Waals surface area contributed by atoms with Gasteiger partial charge in [0, 0.05) is 28.5 Å². The first-order valence-corrected chi connectivity index (χ1v) is 7.62. The Balaban J connectivity index is 2.70. The van der Waals surface area contributed by atoms with Gasteiger partial charge in [-0.05, 0) is 34.8 Å². The fourth-order valence-corrected chi connectivity index (χ4v) is 3.46. The number of halogens is 2. The van der Waals surface area contributed by atoms with E-state index in [1.54, 1.807) is 0 Å². The first kappa shape index (κ1) is 15.4. The zero-order valence-corrected chi connectivity index (χ0v) is 12.9. The second-order valence-electron chi connectivity index (χ2n) is 3.84. The minimum Gasteiger partial charge on any atom is -0.396 e. The van der Waals surface area contributed by atoms with E-state index >= 15 is 0 Å². The van der Waals surface area contributed by atoms with E-state index in [9.17, 15) is 0 Å². The topological polar surface area (TPSA) is 58.3 Å². The Bertz CT molecular complexity index is 329. The molecule has 0 amide bonds. The molecule has 1 rings (SSSR count). The van der Waals surface area contributed by atoms with Crippen LogP contribution in [0.15, 0.2) is 10.5 Å². The van der Waals surface area contributed by atoms with Crippen LogP contribution in [0.3, 0.4) is 0 Å². The van der Waals surface area contributed by atoms with Gasteiger partial charge in [0.2, 0.25) is 0 Å². The van der Waals surface area contributed by atoms with Crippen LogP contribution in [0.1, 0.15) is 30.7 Å². The zero-order chi connectivity index (χ0) is 12.8. The molecule has 0 spiro atoms. The lowest BCUT2D eigenvalue weighted by molar-refractivity contribution is 0.256. The van der Waals surface area contributed by atoms with E-state index in [2.05, 4.69) is 28.2 Å². The molecule has 17 heavy (non-hydrogen) atoms. The third-order valence-corrected chi connectivity index (χ3v) is 5.24. The smallest absolute Gasteiger partial charge is 0.107 e. The molecule has 1 aromatic heterocycles. The van der Waals surface area contributed by atoms with Crippen molar-refractivity contribution >= 4 is 38.9 Å². The van der Waals surface area contributed by atoms with Crippen molar-refractivity contribution in [3.63, 3.8) is 0 Å². The predicted octanol–water partition coefficient (Wildman–Crippen LogP) is 2.91. The molecule has 0 aromatic carbocycles. The molecule has 3 nitrogen and oxygen atoms in total. The largest absolute Gasteiger partial charge is 0.396 e. The Kier molecular flexibility index (Phi) is 6.99. The molecule has 0 fully saturated rings. The highest BCUT2D eigenvalue weighted by atomic mass is 79.9. The Morgan fingerprint density at radius 1 is 1.65 bits per heavy atom. The number of thiophene rings is 1. The summed E-state index contributed by atoms with van der Waals surface area (Å²) in [5, 5.41) is 12.4. The standard InChI is InChI=1S/C11H18BrClN2OS/c1-2-7(3-4-16)15-9(6-14)10-5-8(12)11(13)17-10/h5,7,9,15-16H,2-4,6,14H2,1H3. The second-order valence-corrected chi connectivity index (χ2v) is 6.38. The molecule has 0 saturated heterocycles. The van der Waals surface area contributed by atoms with Gasteiger partial charge >= 0.3 is 0 Å². The highest BCUT2D eigenvalue weighted by molar-refractivity contribution is 9.10. The number of hydrogen-bond acceptors (Lipinski definition) is 4. The Labute approximate surface area is 119 Å². The van der Waals surface area contributed by atoms with Crippen molar-refractivity contribution in [2.45, 2.75) is 31.8 Å². The Morgan fingerprint density at radius 2 is 2.35 bits per heavy atom. The van der Waals surface area contributed by atoms with Gasteiger partial charge in [-0.3, -0.25) is 0 Å². The van der Waals surface area contributed by atoms with E-state index in [-0.39, 0.29) is 18.7 Å². The van der Waals surface area contributed by atoms with Crippen LogP contribution in [-0.4, -0.2) is 24.3 Å². The lowest BCUT2D eigenvalue weighted by Gasteiger charge is -2.22. The van der Waals surface area contributed by atoms with E-state index in [4.69, 9.17) is 22.4 Å². The van der Waals surface area contributed by atoms with Crippen LogP contribution in [0.4, 0.5) is 0 Å². The minimum absolute atomic E-state index is 0.0975. The monoisotopic (exact) mass is 340 g/mol. The maximum Gasteiger partial charge on any atom is 0.107 e. The Hall–Kier alpha value is 0.350. The molecule has 1 aromatic rings. The highest BCUT2D eigenvalue weighted by Gasteiger charge is 2.17. The molecule has 2 atom stereocenters. The molecule has 0 saturated carbocycles. The predicted molar refractivity (Wildman–Crippen MR) is 77.7 cm³/mol. The quantitative estimate of drug-likeness (QED) is 0.714. The highest BCUT2D eigenvalue weighted by Crippen LogP contribution is 2.35. The lowest BCUT2D eigenvalue weighted by Crippen LogP contribution is -2.36. The molecule has 0 bridgehead atoms. The van der Waals surface area contributed by atoms with Crippen molar-refractivity contribution in [2.75, 3.05) is 13.2 Å². The van der Waals surface area contributed by atoms with Gasteiger partial charge < -0.3 is 16.2 Å². The maximum atomic E-state index is 8.97. The van der Waals surface area contributed by atoms with Gasteiger partial charge in [-0.15, -0.1) is 11.3 Å². The molecule has 0 radical (unpaired) electrons. The third-order valence-electron chi connectivity index (χ3n) is 2.65. The molecule has 4 N–H and O–H groups in total. The molecular formula is C11H18BrClN2OS. The van der Waals surface area contributed by atoms with Crippen LogP contribution in [-0.2, 0) is 0 Å². The summed E-state index contributed by atoms with van der Waals surface area (Å²) < 4.78 is 1.66. The van der Waals surface area contributed by atoms with E-state index in [0.29, 0.717) is 6.54 Å². The summed E-state index contributed by atoms with van der Waals surface area (Å²) in [4.78, 5) is 1.13. The average Bonchev–Trinajstić information content (AvgIpc) is 2.64. The molecule has 98 valence electrons. The summed E-state index contributed by atoms with van der Waals surface area (Å²) in [5.41, 5.74) is 5.79. The normalized spacial score (nSPS) is 14.9. The van der Waals surface area contributed by atoms with Gasteiger partial charge in [-0.25, -0.2) is 0 Å². The fourth-order valence-electron chi connectivity index (χ4n) is 1.65. The van der Waals surface area contributed by atoms with Gasteiger partial charge in [0.1, 0.15) is 4.34 Å². The minimum atomic E-state index is 0.0975. The number of nitrogens with one attached hydrogen (secondary N) is 1. The molecule has 0 aliphatic rings. The summed E-state index contributed by atoms with van der Waals surface area (Å²) in [5.74, 6) is 0. The zero-order valence-electron chi connectivity index (χ0n) is 9.75. The van der Waals surface area contributed by atoms with Gasteiger partial charge in [-0.1, -0.05) is 18.5 Å². The number of aliphatic hydroxyl groups excluding tert-OH is 1. The summed E-state index contributed by atoms with van der Waals surface area (Å²) in [6, 6.07) is 2.39. The molecule has 1 heterocycles. The molecular weight excluding hydrogens is 324 g/mol. The molecule has 0 aliphatic heterocycles. The van der Waals surface area contributed by atoms with Gasteiger partial charge in [0.25, 0.3) is 0 Å². The number of aliphatic hydroxyl groups is 1. The van der Waals surface area contributed by atoms with Crippen molar-refractivity contribution < 1.29 is 5.11 Å². The summed E-state index contributed by atoms with van der Waals surface area (Å²) in [6.45, 7) is 2.81. The van der Waals surface area contributed by atoms with Crippen molar-refractivity contribution in [1.82, 2.24) is 5.32 Å². The first-order valence-electron chi connectivity index (χ1n) is 5.64. The first-order chi connectivity index (χ1) is 8.12. The third kappa shape index (κ3) is 4.50. The summed E-state index contributed by atoms with van der Waals surface area (Å²) in [6.07, 6.45) is 1.71. The average molecular weight is 342 g/mol. The van der Waals surface area contributed by atoms with E-state index < -0.39 is 0 Å². The van der Waals surface area contributed by atoms with Crippen molar-refractivity contribution in [1.29, 1.82) is 0 Å². The van der Waals surface area contributed by atoms with Crippen LogP contribution in [0.25, 0.3) is 0 Å². The second kappa shape index (κ2) is 7.71. The van der Waals surface area contributed by atoms with Gasteiger partial charge in [-0.2, -0.15) is 0 Å². The van der Waals surface area contributed by atoms with E-state index in [1.807, 2.05) is 6.07 Å².